The Labute approximate surface area is 213 Å². The number of pyridine rings is 1. The smallest absolute Gasteiger partial charge is 0.139 e. The minimum atomic E-state index is -0.753. The number of benzene rings is 1. The van der Waals surface area contributed by atoms with Gasteiger partial charge in [-0.3, -0.25) is 4.98 Å². The van der Waals surface area contributed by atoms with E-state index >= 15 is 0 Å². The van der Waals surface area contributed by atoms with Crippen molar-refractivity contribution in [2.75, 3.05) is 18.0 Å². The molecule has 1 fully saturated rings. The van der Waals surface area contributed by atoms with Crippen LogP contribution in [0.3, 0.4) is 0 Å². The van der Waals surface area contributed by atoms with Gasteiger partial charge in [-0.1, -0.05) is 6.92 Å². The summed E-state index contributed by atoms with van der Waals surface area (Å²) in [4.78, 5) is 11.0. The maximum Gasteiger partial charge on any atom is 0.139 e. The maximum atomic E-state index is 14.9. The van der Waals surface area contributed by atoms with Crippen LogP contribution in [0.1, 0.15) is 32.2 Å². The number of fused-ring (bicyclic) bond motifs is 1. The highest BCUT2D eigenvalue weighted by Gasteiger charge is 2.31. The zero-order chi connectivity index (χ0) is 26.3. The number of ether oxygens (including phenoxy) is 1. The molecule has 1 saturated heterocycles. The molecule has 3 N–H and O–H groups in total. The third-order valence-electron chi connectivity index (χ3n) is 6.63. The molecule has 1 aromatic carbocycles. The van der Waals surface area contributed by atoms with Crippen LogP contribution in [0.2, 0.25) is 0 Å². The second kappa shape index (κ2) is 10.0. The molecule has 0 spiro atoms. The predicted octanol–water partition coefficient (Wildman–Crippen LogP) is 3.59. The summed E-state index contributed by atoms with van der Waals surface area (Å²) in [6, 6.07) is 7.20. The number of nitrogens with zero attached hydrogens (tertiary/aromatic N) is 5. The molecule has 194 valence electrons. The number of nitrogens with two attached hydrogens (primary N) is 1. The van der Waals surface area contributed by atoms with Gasteiger partial charge in [-0.05, 0) is 32.0 Å². The van der Waals surface area contributed by atoms with Crippen molar-refractivity contribution < 1.29 is 18.6 Å². The number of aliphatic hydroxyl groups is 1. The molecule has 3 aromatic heterocycles. The van der Waals surface area contributed by atoms with Gasteiger partial charge in [0.2, 0.25) is 0 Å². The van der Waals surface area contributed by atoms with Crippen LogP contribution in [-0.2, 0) is 6.42 Å². The molecule has 4 heterocycles. The van der Waals surface area contributed by atoms with Crippen molar-refractivity contribution in [2.45, 2.75) is 45.4 Å². The van der Waals surface area contributed by atoms with Gasteiger partial charge in [-0.15, -0.1) is 0 Å². The van der Waals surface area contributed by atoms with Crippen molar-refractivity contribution >= 4 is 11.2 Å². The Morgan fingerprint density at radius 1 is 1.14 bits per heavy atom. The fraction of sp³-hybridized carbons (Fsp3) is 0.370. The molecule has 1 aliphatic heterocycles. The van der Waals surface area contributed by atoms with Gasteiger partial charge in [0.05, 0.1) is 35.2 Å². The maximum absolute atomic E-state index is 14.9. The van der Waals surface area contributed by atoms with Gasteiger partial charge >= 0.3 is 0 Å². The summed E-state index contributed by atoms with van der Waals surface area (Å²) in [7, 11) is 0. The SMILES string of the molecule is CC(C)Oc1cc(F)c(-c2ccc3cnc(Cc4cnccc4N4C[C@@H](N)[C@H](O)[C@@H](C)C4)n3n2)c(F)c1. The van der Waals surface area contributed by atoms with Gasteiger partial charge in [0.15, 0.2) is 0 Å². The highest BCUT2D eigenvalue weighted by Crippen LogP contribution is 2.30. The molecule has 0 amide bonds. The first-order chi connectivity index (χ1) is 17.7. The summed E-state index contributed by atoms with van der Waals surface area (Å²) >= 11 is 0. The fourth-order valence-corrected chi connectivity index (χ4v) is 4.87. The Hall–Kier alpha value is -3.63. The topological polar surface area (TPSA) is 102 Å². The van der Waals surface area contributed by atoms with Crippen LogP contribution >= 0.6 is 0 Å². The van der Waals surface area contributed by atoms with Crippen LogP contribution in [0.25, 0.3) is 16.8 Å². The van der Waals surface area contributed by atoms with Gasteiger partial charge in [-0.2, -0.15) is 5.10 Å². The molecule has 1 aliphatic rings. The van der Waals surface area contributed by atoms with Crippen molar-refractivity contribution in [3.63, 3.8) is 0 Å². The van der Waals surface area contributed by atoms with Gasteiger partial charge in [0.1, 0.15) is 23.2 Å². The van der Waals surface area contributed by atoms with Crippen molar-refractivity contribution in [3.8, 4) is 17.0 Å². The van der Waals surface area contributed by atoms with E-state index in [0.29, 0.717) is 30.9 Å². The summed E-state index contributed by atoms with van der Waals surface area (Å²) in [6.07, 6.45) is 4.80. The summed E-state index contributed by atoms with van der Waals surface area (Å²) in [5, 5.41) is 14.8. The number of anilines is 1. The second-order valence-corrected chi connectivity index (χ2v) is 9.88. The number of halogens is 2. The minimum Gasteiger partial charge on any atom is -0.491 e. The summed E-state index contributed by atoms with van der Waals surface area (Å²) in [5.41, 5.74) is 8.66. The first-order valence-electron chi connectivity index (χ1n) is 12.3. The summed E-state index contributed by atoms with van der Waals surface area (Å²) in [6.45, 7) is 6.73. The van der Waals surface area contributed by atoms with Crippen LogP contribution in [0, 0.1) is 17.6 Å². The predicted molar refractivity (Wildman–Crippen MR) is 137 cm³/mol. The van der Waals surface area contributed by atoms with Gasteiger partial charge in [0, 0.05) is 67.2 Å². The zero-order valence-corrected chi connectivity index (χ0v) is 21.0. The van der Waals surface area contributed by atoms with E-state index in [-0.39, 0.29) is 35.1 Å². The van der Waals surface area contributed by atoms with E-state index in [1.54, 1.807) is 49.1 Å². The molecule has 0 unspecified atom stereocenters. The van der Waals surface area contributed by atoms with E-state index < -0.39 is 17.7 Å². The molecule has 5 rings (SSSR count). The summed E-state index contributed by atoms with van der Waals surface area (Å²) < 4.78 is 36.9. The van der Waals surface area contributed by atoms with Crippen molar-refractivity contribution in [2.24, 2.45) is 11.7 Å². The normalized spacial score (nSPS) is 20.1. The standard InChI is InChI=1S/C27H30F2N6O2/c1-15(2)37-19-9-20(28)26(21(29)10-19)23-5-4-18-12-32-25(35(18)33-23)8-17-11-31-7-6-24(17)34-13-16(3)27(36)22(30)14-34/h4-7,9-12,15-16,22,27,36H,8,13-14,30H2,1-3H3/t16-,22+,27+/m0/s1. The molecular formula is C27H30F2N6O2. The first kappa shape index (κ1) is 25.0. The lowest BCUT2D eigenvalue weighted by Gasteiger charge is -2.40. The quantitative estimate of drug-likeness (QED) is 0.410. The second-order valence-electron chi connectivity index (χ2n) is 9.88. The molecule has 37 heavy (non-hydrogen) atoms. The molecule has 4 aromatic rings. The number of hydrogen-bond acceptors (Lipinski definition) is 7. The van der Waals surface area contributed by atoms with E-state index in [1.807, 2.05) is 13.0 Å². The lowest BCUT2D eigenvalue weighted by molar-refractivity contribution is 0.0784. The Bertz CT molecular complexity index is 1390. The monoisotopic (exact) mass is 508 g/mol. The Balaban J connectivity index is 1.48. The Morgan fingerprint density at radius 3 is 2.59 bits per heavy atom. The molecule has 10 heteroatoms. The fourth-order valence-electron chi connectivity index (χ4n) is 4.87. The number of imidazole rings is 1. The third kappa shape index (κ3) is 4.99. The lowest BCUT2D eigenvalue weighted by atomic mass is 9.92. The molecule has 0 saturated carbocycles. The molecular weight excluding hydrogens is 478 g/mol. The van der Waals surface area contributed by atoms with E-state index in [1.165, 1.54) is 12.1 Å². The molecule has 8 nitrogen and oxygen atoms in total. The summed E-state index contributed by atoms with van der Waals surface area (Å²) in [5.74, 6) is -0.765. The lowest BCUT2D eigenvalue weighted by Crippen LogP contribution is -2.55. The molecule has 0 radical (unpaired) electrons. The van der Waals surface area contributed by atoms with Crippen LogP contribution < -0.4 is 15.4 Å². The number of rotatable bonds is 6. The number of aliphatic hydroxyl groups excluding tert-OH is 1. The highest BCUT2D eigenvalue weighted by atomic mass is 19.1. The van der Waals surface area contributed by atoms with Crippen LogP contribution in [0.5, 0.6) is 5.75 Å². The van der Waals surface area contributed by atoms with E-state index in [9.17, 15) is 13.9 Å². The first-order valence-corrected chi connectivity index (χ1v) is 12.3. The zero-order valence-electron chi connectivity index (χ0n) is 21.0. The average molecular weight is 509 g/mol. The van der Waals surface area contributed by atoms with Crippen LogP contribution in [-0.4, -0.2) is 56.0 Å². The molecule has 3 atom stereocenters. The van der Waals surface area contributed by atoms with Crippen molar-refractivity contribution in [1.29, 1.82) is 0 Å². The largest absolute Gasteiger partial charge is 0.491 e. The van der Waals surface area contributed by atoms with E-state index in [2.05, 4.69) is 20.0 Å². The van der Waals surface area contributed by atoms with Gasteiger partial charge in [0.25, 0.3) is 0 Å². The highest BCUT2D eigenvalue weighted by molar-refractivity contribution is 5.64. The molecule has 0 bridgehead atoms. The van der Waals surface area contributed by atoms with Crippen LogP contribution in [0.4, 0.5) is 14.5 Å². The Morgan fingerprint density at radius 2 is 1.89 bits per heavy atom. The molecule has 0 aliphatic carbocycles. The number of hydrogen-bond donors (Lipinski definition) is 2. The van der Waals surface area contributed by atoms with Crippen LogP contribution in [0.15, 0.2) is 48.9 Å². The van der Waals surface area contributed by atoms with E-state index in [0.717, 1.165) is 11.3 Å². The average Bonchev–Trinajstić information content (AvgIpc) is 3.24. The number of aromatic nitrogens is 4. The third-order valence-corrected chi connectivity index (χ3v) is 6.63. The van der Waals surface area contributed by atoms with Crippen molar-refractivity contribution in [1.82, 2.24) is 19.6 Å². The van der Waals surface area contributed by atoms with Crippen molar-refractivity contribution in [3.05, 3.63) is 71.9 Å². The van der Waals surface area contributed by atoms with E-state index in [4.69, 9.17) is 10.5 Å². The van der Waals surface area contributed by atoms with Gasteiger partial charge < -0.3 is 20.5 Å². The minimum absolute atomic E-state index is 0.0170. The number of piperidine rings is 1. The Kier molecular flexibility index (Phi) is 6.78. The van der Waals surface area contributed by atoms with Gasteiger partial charge in [-0.25, -0.2) is 18.3 Å².